The molecule has 4 heteroatoms. The van der Waals surface area contributed by atoms with Crippen molar-refractivity contribution in [2.75, 3.05) is 26.2 Å². The Hall–Kier alpha value is -2.85. The van der Waals surface area contributed by atoms with Crippen molar-refractivity contribution < 1.29 is 9.21 Å². The number of carbonyl (C=O) groups is 1. The molecule has 1 fully saturated rings. The number of aryl methyl sites for hydroxylation is 2. The fourth-order valence-corrected chi connectivity index (χ4v) is 4.42. The molecule has 1 saturated heterocycles. The van der Waals surface area contributed by atoms with E-state index in [1.54, 1.807) is 0 Å². The van der Waals surface area contributed by atoms with E-state index < -0.39 is 0 Å². The number of carbonyl (C=O) groups excluding carboxylic acids is 1. The van der Waals surface area contributed by atoms with Gasteiger partial charge in [0.05, 0.1) is 11.6 Å². The van der Waals surface area contributed by atoms with Crippen LogP contribution < -0.4 is 0 Å². The fourth-order valence-electron chi connectivity index (χ4n) is 4.42. The summed E-state index contributed by atoms with van der Waals surface area (Å²) < 4.78 is 5.92. The molecule has 0 bridgehead atoms. The standard InChI is InChI=1S/C28H34N2O2/c1-20-11-13-23(14-12-20)26(22-9-7-6-8-10-22)29-15-17-30(18-16-29)27(31)24-19-25(28(3,4)5)32-21(24)2/h6-14,19,26H,15-18H2,1-5H3/t26-/m0/s1. The van der Waals surface area contributed by atoms with Gasteiger partial charge in [-0.2, -0.15) is 0 Å². The van der Waals surface area contributed by atoms with Crippen molar-refractivity contribution >= 4 is 5.91 Å². The molecular formula is C28H34N2O2. The van der Waals surface area contributed by atoms with Crippen LogP contribution in [0.2, 0.25) is 0 Å². The second-order valence-electron chi connectivity index (χ2n) is 9.88. The van der Waals surface area contributed by atoms with Crippen LogP contribution in [-0.2, 0) is 5.41 Å². The lowest BCUT2D eigenvalue weighted by Gasteiger charge is -2.39. The van der Waals surface area contributed by atoms with Crippen LogP contribution in [0, 0.1) is 13.8 Å². The van der Waals surface area contributed by atoms with E-state index in [-0.39, 0.29) is 17.4 Å². The molecule has 0 N–H and O–H groups in total. The minimum Gasteiger partial charge on any atom is -0.465 e. The molecule has 1 atom stereocenters. The van der Waals surface area contributed by atoms with Crippen molar-refractivity contribution in [1.29, 1.82) is 0 Å². The van der Waals surface area contributed by atoms with Crippen LogP contribution in [0.4, 0.5) is 0 Å². The van der Waals surface area contributed by atoms with E-state index in [4.69, 9.17) is 4.42 Å². The van der Waals surface area contributed by atoms with Crippen LogP contribution in [0.25, 0.3) is 0 Å². The molecule has 0 unspecified atom stereocenters. The van der Waals surface area contributed by atoms with Gasteiger partial charge < -0.3 is 9.32 Å². The predicted molar refractivity (Wildman–Crippen MR) is 129 cm³/mol. The van der Waals surface area contributed by atoms with E-state index >= 15 is 0 Å². The van der Waals surface area contributed by atoms with Gasteiger partial charge in [-0.05, 0) is 31.0 Å². The minimum atomic E-state index is -0.112. The van der Waals surface area contributed by atoms with Gasteiger partial charge in [-0.1, -0.05) is 80.9 Å². The van der Waals surface area contributed by atoms with Crippen molar-refractivity contribution in [2.45, 2.75) is 46.1 Å². The van der Waals surface area contributed by atoms with Crippen LogP contribution in [-0.4, -0.2) is 41.9 Å². The SMILES string of the molecule is Cc1ccc([C@H](c2ccccc2)N2CCN(C(=O)c3cc(C(C)(C)C)oc3C)CC2)cc1. The maximum Gasteiger partial charge on any atom is 0.257 e. The smallest absolute Gasteiger partial charge is 0.257 e. The van der Waals surface area contributed by atoms with Crippen LogP contribution >= 0.6 is 0 Å². The van der Waals surface area contributed by atoms with Crippen molar-refractivity contribution in [3.05, 3.63) is 94.4 Å². The Morgan fingerprint density at radius 3 is 2.03 bits per heavy atom. The van der Waals surface area contributed by atoms with Gasteiger partial charge in [-0.15, -0.1) is 0 Å². The highest BCUT2D eigenvalue weighted by atomic mass is 16.3. The highest BCUT2D eigenvalue weighted by molar-refractivity contribution is 5.95. The molecule has 1 aliphatic heterocycles. The third kappa shape index (κ3) is 4.66. The average Bonchev–Trinajstić information content (AvgIpc) is 3.18. The van der Waals surface area contributed by atoms with E-state index in [2.05, 4.69) is 87.2 Å². The first-order valence-electron chi connectivity index (χ1n) is 11.5. The summed E-state index contributed by atoms with van der Waals surface area (Å²) in [6, 6.07) is 21.6. The highest BCUT2D eigenvalue weighted by Crippen LogP contribution is 2.31. The minimum absolute atomic E-state index is 0.0768. The van der Waals surface area contributed by atoms with E-state index in [0.717, 1.165) is 18.8 Å². The summed E-state index contributed by atoms with van der Waals surface area (Å²) in [5, 5.41) is 0. The Kier molecular flexibility index (Phi) is 6.25. The molecule has 0 spiro atoms. The predicted octanol–water partition coefficient (Wildman–Crippen LogP) is 5.74. The maximum absolute atomic E-state index is 13.3. The fraction of sp³-hybridized carbons (Fsp3) is 0.393. The molecule has 0 saturated carbocycles. The Morgan fingerprint density at radius 1 is 0.875 bits per heavy atom. The van der Waals surface area contributed by atoms with E-state index in [1.807, 2.05) is 17.9 Å². The van der Waals surface area contributed by atoms with Crippen LogP contribution in [0.15, 0.2) is 65.1 Å². The molecule has 1 amide bonds. The maximum atomic E-state index is 13.3. The number of hydrogen-bond acceptors (Lipinski definition) is 3. The largest absolute Gasteiger partial charge is 0.465 e. The van der Waals surface area contributed by atoms with E-state index in [1.165, 1.54) is 16.7 Å². The zero-order chi connectivity index (χ0) is 22.9. The van der Waals surface area contributed by atoms with Gasteiger partial charge in [-0.3, -0.25) is 9.69 Å². The second kappa shape index (κ2) is 8.95. The molecule has 4 rings (SSSR count). The Balaban J connectivity index is 1.52. The zero-order valence-electron chi connectivity index (χ0n) is 19.9. The molecule has 0 aliphatic carbocycles. The Bertz CT molecular complexity index is 1050. The lowest BCUT2D eigenvalue weighted by atomic mass is 9.93. The number of benzene rings is 2. The first-order chi connectivity index (χ1) is 15.2. The van der Waals surface area contributed by atoms with Crippen molar-refractivity contribution in [1.82, 2.24) is 9.80 Å². The lowest BCUT2D eigenvalue weighted by Crippen LogP contribution is -2.49. The zero-order valence-corrected chi connectivity index (χ0v) is 19.9. The van der Waals surface area contributed by atoms with Gasteiger partial charge >= 0.3 is 0 Å². The Labute approximate surface area is 191 Å². The normalized spacial score (nSPS) is 16.2. The number of amides is 1. The summed E-state index contributed by atoms with van der Waals surface area (Å²) in [6.07, 6.45) is 0. The molecule has 4 nitrogen and oxygen atoms in total. The topological polar surface area (TPSA) is 36.7 Å². The third-order valence-electron chi connectivity index (χ3n) is 6.36. The number of piperazine rings is 1. The third-order valence-corrected chi connectivity index (χ3v) is 6.36. The van der Waals surface area contributed by atoms with Gasteiger partial charge in [0.25, 0.3) is 5.91 Å². The van der Waals surface area contributed by atoms with E-state index in [0.29, 0.717) is 24.4 Å². The average molecular weight is 431 g/mol. The molecular weight excluding hydrogens is 396 g/mol. The van der Waals surface area contributed by atoms with E-state index in [9.17, 15) is 4.79 Å². The highest BCUT2D eigenvalue weighted by Gasteiger charge is 2.31. The molecule has 168 valence electrons. The van der Waals surface area contributed by atoms with Crippen LogP contribution in [0.3, 0.4) is 0 Å². The van der Waals surface area contributed by atoms with Gasteiger partial charge in [0.15, 0.2) is 0 Å². The molecule has 3 aromatic rings. The summed E-state index contributed by atoms with van der Waals surface area (Å²) in [4.78, 5) is 17.7. The van der Waals surface area contributed by atoms with Gasteiger partial charge in [0.1, 0.15) is 11.5 Å². The van der Waals surface area contributed by atoms with Crippen molar-refractivity contribution in [3.8, 4) is 0 Å². The van der Waals surface area contributed by atoms with Gasteiger partial charge in [0.2, 0.25) is 0 Å². The van der Waals surface area contributed by atoms with Crippen molar-refractivity contribution in [3.63, 3.8) is 0 Å². The number of hydrogen-bond donors (Lipinski definition) is 0. The molecule has 2 heterocycles. The Morgan fingerprint density at radius 2 is 1.47 bits per heavy atom. The quantitative estimate of drug-likeness (QED) is 0.529. The van der Waals surface area contributed by atoms with Crippen molar-refractivity contribution in [2.24, 2.45) is 0 Å². The monoisotopic (exact) mass is 430 g/mol. The molecule has 1 aliphatic rings. The molecule has 2 aromatic carbocycles. The summed E-state index contributed by atoms with van der Waals surface area (Å²) in [6.45, 7) is 13.4. The summed E-state index contributed by atoms with van der Waals surface area (Å²) in [5.74, 6) is 1.65. The summed E-state index contributed by atoms with van der Waals surface area (Å²) in [7, 11) is 0. The van der Waals surface area contributed by atoms with Crippen LogP contribution in [0.1, 0.15) is 65.4 Å². The number of rotatable bonds is 4. The molecule has 1 aromatic heterocycles. The number of nitrogens with zero attached hydrogens (tertiary/aromatic N) is 2. The van der Waals surface area contributed by atoms with Crippen LogP contribution in [0.5, 0.6) is 0 Å². The number of furan rings is 1. The second-order valence-corrected chi connectivity index (χ2v) is 9.88. The molecule has 32 heavy (non-hydrogen) atoms. The molecule has 0 radical (unpaired) electrons. The first-order valence-corrected chi connectivity index (χ1v) is 11.5. The van der Waals surface area contributed by atoms with Gasteiger partial charge in [-0.25, -0.2) is 0 Å². The summed E-state index contributed by atoms with van der Waals surface area (Å²) in [5.41, 5.74) is 4.43. The van der Waals surface area contributed by atoms with Gasteiger partial charge in [0, 0.05) is 31.6 Å². The summed E-state index contributed by atoms with van der Waals surface area (Å²) >= 11 is 0. The first kappa shape index (κ1) is 22.3. The lowest BCUT2D eigenvalue weighted by molar-refractivity contribution is 0.0595.